The Morgan fingerprint density at radius 3 is 2.91 bits per heavy atom. The smallest absolute Gasteiger partial charge is 0.311 e. The van der Waals surface area contributed by atoms with Gasteiger partial charge in [0.2, 0.25) is 0 Å². The molecule has 0 radical (unpaired) electrons. The number of phenolic OH excluding ortho intramolecular Hbond substituents is 1. The van der Waals surface area contributed by atoms with Gasteiger partial charge in [-0.2, -0.15) is 0 Å². The number of aromatic hydroxyl groups is 1. The molecule has 23 heavy (non-hydrogen) atoms. The maximum Gasteiger partial charge on any atom is 0.311 e. The third kappa shape index (κ3) is 3.01. The van der Waals surface area contributed by atoms with Crippen LogP contribution in [-0.4, -0.2) is 31.4 Å². The van der Waals surface area contributed by atoms with Crippen molar-refractivity contribution in [2.45, 2.75) is 19.5 Å². The monoisotopic (exact) mass is 334 g/mol. The van der Waals surface area contributed by atoms with Crippen molar-refractivity contribution in [1.29, 1.82) is 0 Å². The molecule has 0 bridgehead atoms. The number of para-hydroxylation sites is 1. The van der Waals surface area contributed by atoms with Gasteiger partial charge in [0, 0.05) is 43.4 Å². The molecule has 0 fully saturated rings. The number of hydrogen-bond acceptors (Lipinski definition) is 6. The number of fused-ring (bicyclic) bond motifs is 1. The number of aromatic amines is 2. The Morgan fingerprint density at radius 2 is 2.17 bits per heavy atom. The van der Waals surface area contributed by atoms with Gasteiger partial charge in [-0.15, -0.1) is 0 Å². The Hall–Kier alpha value is -2.52. The zero-order valence-corrected chi connectivity index (χ0v) is 12.9. The van der Waals surface area contributed by atoms with Gasteiger partial charge in [0.15, 0.2) is 10.5 Å². The van der Waals surface area contributed by atoms with Crippen LogP contribution in [0.5, 0.6) is 5.75 Å². The fourth-order valence-corrected chi connectivity index (χ4v) is 2.96. The SMILES string of the molecule is O=c1[nH]c(=S)[nH]c2c1CN(Cc1cccc([N+](=O)[O-])c1O)CC2. The number of H-pyrrole nitrogens is 2. The van der Waals surface area contributed by atoms with Gasteiger partial charge >= 0.3 is 5.69 Å². The predicted octanol–water partition coefficient (Wildman–Crippen LogP) is 1.60. The summed E-state index contributed by atoms with van der Waals surface area (Å²) < 4.78 is 0.304. The molecule has 3 rings (SSSR count). The van der Waals surface area contributed by atoms with Gasteiger partial charge < -0.3 is 10.1 Å². The molecular weight excluding hydrogens is 320 g/mol. The molecule has 1 aromatic carbocycles. The van der Waals surface area contributed by atoms with E-state index in [0.29, 0.717) is 42.0 Å². The summed E-state index contributed by atoms with van der Waals surface area (Å²) in [4.78, 5) is 29.7. The lowest BCUT2D eigenvalue weighted by atomic mass is 10.1. The first-order valence-corrected chi connectivity index (χ1v) is 7.38. The quantitative estimate of drug-likeness (QED) is 0.446. The van der Waals surface area contributed by atoms with Crippen LogP contribution in [0.1, 0.15) is 16.8 Å². The minimum Gasteiger partial charge on any atom is -0.502 e. The zero-order valence-electron chi connectivity index (χ0n) is 12.0. The number of rotatable bonds is 3. The van der Waals surface area contributed by atoms with E-state index in [4.69, 9.17) is 12.2 Å². The number of phenols is 1. The van der Waals surface area contributed by atoms with Gasteiger partial charge in [0.1, 0.15) is 0 Å². The lowest BCUT2D eigenvalue weighted by Crippen LogP contribution is -2.35. The summed E-state index contributed by atoms with van der Waals surface area (Å²) in [5.41, 5.74) is 1.34. The molecule has 2 heterocycles. The van der Waals surface area contributed by atoms with Crippen molar-refractivity contribution in [3.05, 3.63) is 60.3 Å². The van der Waals surface area contributed by atoms with E-state index in [1.165, 1.54) is 12.1 Å². The van der Waals surface area contributed by atoms with Gasteiger partial charge in [-0.25, -0.2) is 0 Å². The largest absolute Gasteiger partial charge is 0.502 e. The maximum absolute atomic E-state index is 12.0. The topological polar surface area (TPSA) is 115 Å². The Balaban J connectivity index is 1.86. The molecule has 2 aromatic rings. The van der Waals surface area contributed by atoms with Crippen molar-refractivity contribution in [3.8, 4) is 5.75 Å². The van der Waals surface area contributed by atoms with Crippen LogP contribution < -0.4 is 5.56 Å². The minimum absolute atomic E-state index is 0.225. The summed E-state index contributed by atoms with van der Waals surface area (Å²) in [5.74, 6) is -0.329. The van der Waals surface area contributed by atoms with E-state index in [2.05, 4.69) is 9.97 Å². The first-order chi connectivity index (χ1) is 11.0. The number of benzene rings is 1. The van der Waals surface area contributed by atoms with E-state index in [1.54, 1.807) is 6.07 Å². The Morgan fingerprint density at radius 1 is 1.39 bits per heavy atom. The molecule has 1 aliphatic rings. The van der Waals surface area contributed by atoms with Gasteiger partial charge in [-0.3, -0.25) is 24.8 Å². The second-order valence-corrected chi connectivity index (χ2v) is 5.78. The molecule has 1 aliphatic heterocycles. The molecule has 1 aromatic heterocycles. The molecule has 0 saturated carbocycles. The van der Waals surface area contributed by atoms with Crippen LogP contribution in [0.4, 0.5) is 5.69 Å². The third-order valence-corrected chi connectivity index (χ3v) is 4.08. The van der Waals surface area contributed by atoms with Crippen LogP contribution in [0.2, 0.25) is 0 Å². The first kappa shape index (κ1) is 15.4. The first-order valence-electron chi connectivity index (χ1n) is 6.97. The van der Waals surface area contributed by atoms with Crippen molar-refractivity contribution in [2.24, 2.45) is 0 Å². The Labute approximate surface area is 135 Å². The Bertz CT molecular complexity index is 889. The standard InChI is InChI=1S/C14H14N4O4S/c19-12-8(2-1-3-11(12)18(21)22)6-17-5-4-10-9(7-17)13(20)16-14(23)15-10/h1-3,19H,4-7H2,(H2,15,16,20,23). The number of hydrogen-bond donors (Lipinski definition) is 3. The van der Waals surface area contributed by atoms with Gasteiger partial charge in [-0.05, 0) is 12.2 Å². The molecule has 0 spiro atoms. The second-order valence-electron chi connectivity index (χ2n) is 5.37. The summed E-state index contributed by atoms with van der Waals surface area (Å²) >= 11 is 4.95. The summed E-state index contributed by atoms with van der Waals surface area (Å²) in [5, 5.41) is 20.9. The zero-order chi connectivity index (χ0) is 16.6. The molecule has 0 aliphatic carbocycles. The van der Waals surface area contributed by atoms with Crippen molar-refractivity contribution in [3.63, 3.8) is 0 Å². The average Bonchev–Trinajstić information content (AvgIpc) is 2.49. The normalized spacial score (nSPS) is 14.4. The van der Waals surface area contributed by atoms with Crippen LogP contribution in [0, 0.1) is 14.9 Å². The lowest BCUT2D eigenvalue weighted by Gasteiger charge is -2.27. The van der Waals surface area contributed by atoms with E-state index < -0.39 is 4.92 Å². The van der Waals surface area contributed by atoms with E-state index in [9.17, 15) is 20.0 Å². The molecular formula is C14H14N4O4S. The van der Waals surface area contributed by atoms with Crippen LogP contribution in [0.3, 0.4) is 0 Å². The molecule has 0 amide bonds. The Kier molecular flexibility index (Phi) is 3.97. The van der Waals surface area contributed by atoms with E-state index >= 15 is 0 Å². The summed E-state index contributed by atoms with van der Waals surface area (Å²) in [6.45, 7) is 1.37. The van der Waals surface area contributed by atoms with Crippen LogP contribution in [0.15, 0.2) is 23.0 Å². The van der Waals surface area contributed by atoms with Crippen LogP contribution in [0.25, 0.3) is 0 Å². The van der Waals surface area contributed by atoms with Crippen molar-refractivity contribution in [2.75, 3.05) is 6.54 Å². The van der Waals surface area contributed by atoms with Gasteiger partial charge in [-0.1, -0.05) is 12.1 Å². The number of nitrogens with one attached hydrogen (secondary N) is 2. The number of nitro benzene ring substituents is 1. The summed E-state index contributed by atoms with van der Waals surface area (Å²) in [6.07, 6.45) is 0.624. The lowest BCUT2D eigenvalue weighted by molar-refractivity contribution is -0.385. The fourth-order valence-electron chi connectivity index (χ4n) is 2.74. The molecule has 0 saturated heterocycles. The molecule has 120 valence electrons. The average molecular weight is 334 g/mol. The number of nitrogens with zero attached hydrogens (tertiary/aromatic N) is 2. The maximum atomic E-state index is 12.0. The summed E-state index contributed by atoms with van der Waals surface area (Å²) in [6, 6.07) is 4.44. The molecule has 8 nitrogen and oxygen atoms in total. The highest BCUT2D eigenvalue weighted by atomic mass is 32.1. The van der Waals surface area contributed by atoms with Crippen LogP contribution in [-0.2, 0) is 19.5 Å². The third-order valence-electron chi connectivity index (χ3n) is 3.88. The van der Waals surface area contributed by atoms with Crippen molar-refractivity contribution >= 4 is 17.9 Å². The second kappa shape index (κ2) is 5.94. The number of aromatic nitrogens is 2. The van der Waals surface area contributed by atoms with Gasteiger partial charge in [0.25, 0.3) is 5.56 Å². The highest BCUT2D eigenvalue weighted by Gasteiger charge is 2.22. The number of nitro groups is 1. The molecule has 0 unspecified atom stereocenters. The fraction of sp³-hybridized carbons (Fsp3) is 0.286. The highest BCUT2D eigenvalue weighted by molar-refractivity contribution is 7.71. The van der Waals surface area contributed by atoms with Gasteiger partial charge in [0.05, 0.1) is 10.5 Å². The molecule has 0 atom stereocenters. The van der Waals surface area contributed by atoms with E-state index in [1.807, 2.05) is 4.90 Å². The predicted molar refractivity (Wildman–Crippen MR) is 84.8 cm³/mol. The molecule has 9 heteroatoms. The molecule has 3 N–H and O–H groups in total. The van der Waals surface area contributed by atoms with E-state index in [-0.39, 0.29) is 17.0 Å². The van der Waals surface area contributed by atoms with E-state index in [0.717, 1.165) is 5.69 Å². The minimum atomic E-state index is -0.616. The van der Waals surface area contributed by atoms with Crippen molar-refractivity contribution < 1.29 is 10.0 Å². The van der Waals surface area contributed by atoms with Crippen LogP contribution >= 0.6 is 12.2 Å². The summed E-state index contributed by atoms with van der Waals surface area (Å²) in [7, 11) is 0. The highest BCUT2D eigenvalue weighted by Crippen LogP contribution is 2.30. The van der Waals surface area contributed by atoms with Crippen molar-refractivity contribution in [1.82, 2.24) is 14.9 Å².